The molecule has 1 aliphatic rings. The second kappa shape index (κ2) is 7.13. The van der Waals surface area contributed by atoms with E-state index in [-0.39, 0.29) is 11.8 Å². The number of rotatable bonds is 6. The molecular weight excluding hydrogens is 226 g/mol. The molecule has 18 heavy (non-hydrogen) atoms. The summed E-state index contributed by atoms with van der Waals surface area (Å²) >= 11 is 0. The average molecular weight is 255 g/mol. The molecule has 0 aromatic heterocycles. The summed E-state index contributed by atoms with van der Waals surface area (Å²) in [5, 5.41) is 13.1. The Balaban J connectivity index is 2.27. The third-order valence-corrected chi connectivity index (χ3v) is 4.52. The van der Waals surface area contributed by atoms with E-state index in [4.69, 9.17) is 0 Å². The van der Waals surface area contributed by atoms with Gasteiger partial charge >= 0.3 is 0 Å². The monoisotopic (exact) mass is 255 g/mol. The van der Waals surface area contributed by atoms with Crippen LogP contribution in [0.3, 0.4) is 0 Å². The van der Waals surface area contributed by atoms with Crippen LogP contribution in [0.4, 0.5) is 0 Å². The predicted molar refractivity (Wildman–Crippen MR) is 74.3 cm³/mol. The lowest BCUT2D eigenvalue weighted by atomic mass is 9.86. The summed E-state index contributed by atoms with van der Waals surface area (Å²) in [6.07, 6.45) is 7.79. The highest BCUT2D eigenvalue weighted by atomic mass is 16.3. The number of aliphatic hydroxyl groups is 1. The van der Waals surface area contributed by atoms with Crippen LogP contribution in [0.15, 0.2) is 0 Å². The van der Waals surface area contributed by atoms with Crippen LogP contribution >= 0.6 is 0 Å². The molecule has 0 aromatic rings. The first-order valence-electron chi connectivity index (χ1n) is 7.44. The van der Waals surface area contributed by atoms with Crippen LogP contribution in [-0.2, 0) is 4.79 Å². The molecule has 2 unspecified atom stereocenters. The third kappa shape index (κ3) is 4.97. The second-order valence-corrected chi connectivity index (χ2v) is 6.15. The van der Waals surface area contributed by atoms with E-state index >= 15 is 0 Å². The van der Waals surface area contributed by atoms with Crippen molar-refractivity contribution in [1.82, 2.24) is 5.32 Å². The zero-order chi connectivity index (χ0) is 13.6. The Morgan fingerprint density at radius 1 is 1.39 bits per heavy atom. The molecule has 1 saturated carbocycles. The molecule has 3 heteroatoms. The van der Waals surface area contributed by atoms with Gasteiger partial charge in [0.1, 0.15) is 0 Å². The maximum absolute atomic E-state index is 11.8. The maximum atomic E-state index is 11.8. The van der Waals surface area contributed by atoms with Crippen LogP contribution in [0.25, 0.3) is 0 Å². The molecule has 0 aliphatic heterocycles. The number of hydrogen-bond acceptors (Lipinski definition) is 2. The van der Waals surface area contributed by atoms with E-state index in [2.05, 4.69) is 12.2 Å². The Morgan fingerprint density at radius 2 is 2.00 bits per heavy atom. The number of amides is 1. The lowest BCUT2D eigenvalue weighted by Gasteiger charge is -2.30. The summed E-state index contributed by atoms with van der Waals surface area (Å²) in [5.74, 6) is 0.866. The molecule has 1 aliphatic carbocycles. The summed E-state index contributed by atoms with van der Waals surface area (Å²) in [6.45, 7) is 6.26. The molecule has 0 aromatic carbocycles. The van der Waals surface area contributed by atoms with Gasteiger partial charge in [-0.15, -0.1) is 0 Å². The summed E-state index contributed by atoms with van der Waals surface area (Å²) in [4.78, 5) is 11.8. The summed E-state index contributed by atoms with van der Waals surface area (Å²) in [5.41, 5.74) is -0.795. The zero-order valence-corrected chi connectivity index (χ0v) is 12.2. The fourth-order valence-corrected chi connectivity index (χ4v) is 2.62. The highest BCUT2D eigenvalue weighted by molar-refractivity contribution is 5.76. The zero-order valence-electron chi connectivity index (χ0n) is 12.2. The summed E-state index contributed by atoms with van der Waals surface area (Å²) in [6, 6.07) is 0. The van der Waals surface area contributed by atoms with Crippen molar-refractivity contribution in [2.45, 2.75) is 71.3 Å². The van der Waals surface area contributed by atoms with Crippen LogP contribution < -0.4 is 5.32 Å². The first-order valence-corrected chi connectivity index (χ1v) is 7.44. The molecule has 0 bridgehead atoms. The Kier molecular flexibility index (Phi) is 6.13. The van der Waals surface area contributed by atoms with Gasteiger partial charge in [-0.25, -0.2) is 0 Å². The van der Waals surface area contributed by atoms with E-state index in [0.29, 0.717) is 18.9 Å². The molecular formula is C15H29NO2. The fourth-order valence-electron chi connectivity index (χ4n) is 2.62. The standard InChI is InChI=1S/C15H29NO2/c1-4-12(2)15(3,18)11-16-14(17)10-13-8-6-5-7-9-13/h12-13,18H,4-11H2,1-3H3,(H,16,17). The van der Waals surface area contributed by atoms with Gasteiger partial charge in [-0.05, 0) is 31.6 Å². The third-order valence-electron chi connectivity index (χ3n) is 4.52. The Morgan fingerprint density at radius 3 is 2.56 bits per heavy atom. The van der Waals surface area contributed by atoms with Gasteiger partial charge < -0.3 is 10.4 Å². The van der Waals surface area contributed by atoms with Gasteiger partial charge in [0, 0.05) is 13.0 Å². The van der Waals surface area contributed by atoms with Crippen LogP contribution in [0.5, 0.6) is 0 Å². The number of carbonyl (C=O) groups is 1. The van der Waals surface area contributed by atoms with E-state index in [1.165, 1.54) is 32.1 Å². The minimum absolute atomic E-state index is 0.102. The van der Waals surface area contributed by atoms with Gasteiger partial charge in [0.15, 0.2) is 0 Å². The van der Waals surface area contributed by atoms with E-state index < -0.39 is 5.60 Å². The molecule has 1 rings (SSSR count). The van der Waals surface area contributed by atoms with Crippen LogP contribution in [-0.4, -0.2) is 23.2 Å². The van der Waals surface area contributed by atoms with Crippen LogP contribution in [0.2, 0.25) is 0 Å². The smallest absolute Gasteiger partial charge is 0.220 e. The van der Waals surface area contributed by atoms with E-state index in [0.717, 1.165) is 6.42 Å². The number of hydrogen-bond donors (Lipinski definition) is 2. The van der Waals surface area contributed by atoms with E-state index in [9.17, 15) is 9.90 Å². The van der Waals surface area contributed by atoms with Crippen molar-refractivity contribution in [2.75, 3.05) is 6.54 Å². The molecule has 1 fully saturated rings. The van der Waals surface area contributed by atoms with Gasteiger partial charge in [-0.2, -0.15) is 0 Å². The van der Waals surface area contributed by atoms with E-state index in [1.54, 1.807) is 0 Å². The summed E-state index contributed by atoms with van der Waals surface area (Å²) < 4.78 is 0. The molecule has 0 saturated heterocycles. The van der Waals surface area contributed by atoms with Gasteiger partial charge in [0.25, 0.3) is 0 Å². The predicted octanol–water partition coefficient (Wildman–Crippen LogP) is 2.87. The minimum atomic E-state index is -0.795. The van der Waals surface area contributed by atoms with Crippen molar-refractivity contribution >= 4 is 5.91 Å². The molecule has 0 spiro atoms. The first-order chi connectivity index (χ1) is 8.45. The Labute approximate surface area is 111 Å². The average Bonchev–Trinajstić information content (AvgIpc) is 2.36. The van der Waals surface area contributed by atoms with Crippen molar-refractivity contribution in [1.29, 1.82) is 0 Å². The normalized spacial score (nSPS) is 22.2. The van der Waals surface area contributed by atoms with Gasteiger partial charge in [-0.3, -0.25) is 4.79 Å². The van der Waals surface area contributed by atoms with Crippen molar-refractivity contribution in [3.8, 4) is 0 Å². The Hall–Kier alpha value is -0.570. The lowest BCUT2D eigenvalue weighted by molar-refractivity contribution is -0.123. The fraction of sp³-hybridized carbons (Fsp3) is 0.933. The van der Waals surface area contributed by atoms with Gasteiger partial charge in [-0.1, -0.05) is 39.5 Å². The minimum Gasteiger partial charge on any atom is -0.388 e. The molecule has 2 atom stereocenters. The largest absolute Gasteiger partial charge is 0.388 e. The van der Waals surface area contributed by atoms with Gasteiger partial charge in [0.05, 0.1) is 5.60 Å². The van der Waals surface area contributed by atoms with Crippen molar-refractivity contribution in [3.63, 3.8) is 0 Å². The van der Waals surface area contributed by atoms with Crippen LogP contribution in [0, 0.1) is 11.8 Å². The summed E-state index contributed by atoms with van der Waals surface area (Å²) in [7, 11) is 0. The van der Waals surface area contributed by atoms with E-state index in [1.807, 2.05) is 13.8 Å². The molecule has 3 nitrogen and oxygen atoms in total. The Bertz CT molecular complexity index is 257. The first kappa shape index (κ1) is 15.5. The number of carbonyl (C=O) groups excluding carboxylic acids is 1. The van der Waals surface area contributed by atoms with Crippen LogP contribution in [0.1, 0.15) is 65.7 Å². The van der Waals surface area contributed by atoms with Gasteiger partial charge in [0.2, 0.25) is 5.91 Å². The molecule has 1 amide bonds. The highest BCUT2D eigenvalue weighted by Crippen LogP contribution is 2.26. The molecule has 106 valence electrons. The van der Waals surface area contributed by atoms with Crippen molar-refractivity contribution in [2.24, 2.45) is 11.8 Å². The maximum Gasteiger partial charge on any atom is 0.220 e. The molecule has 0 heterocycles. The number of nitrogens with one attached hydrogen (secondary N) is 1. The quantitative estimate of drug-likeness (QED) is 0.766. The second-order valence-electron chi connectivity index (χ2n) is 6.15. The van der Waals surface area contributed by atoms with Crippen molar-refractivity contribution in [3.05, 3.63) is 0 Å². The molecule has 0 radical (unpaired) electrons. The highest BCUT2D eigenvalue weighted by Gasteiger charge is 2.27. The topological polar surface area (TPSA) is 49.3 Å². The van der Waals surface area contributed by atoms with Crippen molar-refractivity contribution < 1.29 is 9.90 Å². The molecule has 2 N–H and O–H groups in total. The lowest BCUT2D eigenvalue weighted by Crippen LogP contribution is -2.45. The SMILES string of the molecule is CCC(C)C(C)(O)CNC(=O)CC1CCCCC1.